The van der Waals surface area contributed by atoms with Crippen LogP contribution in [0.3, 0.4) is 0 Å². The first-order valence-electron chi connectivity index (χ1n) is 8.00. The summed E-state index contributed by atoms with van der Waals surface area (Å²) in [6.45, 7) is 8.32. The van der Waals surface area contributed by atoms with Crippen molar-refractivity contribution in [2.45, 2.75) is 26.3 Å². The predicted octanol–water partition coefficient (Wildman–Crippen LogP) is 3.01. The van der Waals surface area contributed by atoms with E-state index in [1.54, 1.807) is 18.2 Å². The summed E-state index contributed by atoms with van der Waals surface area (Å²) in [4.78, 5) is 14.6. The van der Waals surface area contributed by atoms with Crippen LogP contribution in [-0.2, 0) is 16.0 Å². The molecule has 23 heavy (non-hydrogen) atoms. The first kappa shape index (κ1) is 18.5. The Balaban J connectivity index is 1.91. The van der Waals surface area contributed by atoms with Gasteiger partial charge in [0.15, 0.2) is 0 Å². The second-order valence-electron chi connectivity index (χ2n) is 6.14. The van der Waals surface area contributed by atoms with E-state index >= 15 is 0 Å². The van der Waals surface area contributed by atoms with Gasteiger partial charge in [-0.1, -0.05) is 43.1 Å². The largest absolute Gasteiger partial charge is 0.379 e. The van der Waals surface area contributed by atoms with Crippen LogP contribution >= 0.6 is 23.2 Å². The van der Waals surface area contributed by atoms with E-state index in [-0.39, 0.29) is 12.3 Å². The third-order valence-electron chi connectivity index (χ3n) is 4.19. The van der Waals surface area contributed by atoms with Crippen molar-refractivity contribution in [3.63, 3.8) is 0 Å². The van der Waals surface area contributed by atoms with Crippen molar-refractivity contribution in [1.82, 2.24) is 10.2 Å². The number of hydrogen-bond donors (Lipinski definition) is 1. The molecule has 1 unspecified atom stereocenters. The Morgan fingerprint density at radius 3 is 2.43 bits per heavy atom. The molecule has 1 aliphatic rings. The van der Waals surface area contributed by atoms with Crippen molar-refractivity contribution in [3.8, 4) is 0 Å². The van der Waals surface area contributed by atoms with Gasteiger partial charge < -0.3 is 10.1 Å². The first-order chi connectivity index (χ1) is 11.0. The van der Waals surface area contributed by atoms with Crippen molar-refractivity contribution >= 4 is 29.1 Å². The summed E-state index contributed by atoms with van der Waals surface area (Å²) in [7, 11) is 0. The third-order valence-corrected chi connectivity index (χ3v) is 4.90. The number of nitrogens with one attached hydrogen (secondary N) is 1. The normalized spacial score (nSPS) is 17.3. The molecule has 0 bridgehead atoms. The molecule has 1 fully saturated rings. The van der Waals surface area contributed by atoms with Gasteiger partial charge in [-0.15, -0.1) is 0 Å². The Morgan fingerprint density at radius 2 is 1.87 bits per heavy atom. The Labute approximate surface area is 148 Å². The quantitative estimate of drug-likeness (QED) is 0.849. The molecule has 1 atom stereocenters. The van der Waals surface area contributed by atoms with Crippen molar-refractivity contribution in [2.24, 2.45) is 5.92 Å². The zero-order chi connectivity index (χ0) is 16.8. The van der Waals surface area contributed by atoms with E-state index in [0.29, 0.717) is 34.1 Å². The highest BCUT2D eigenvalue weighted by Crippen LogP contribution is 2.24. The zero-order valence-corrected chi connectivity index (χ0v) is 15.2. The number of halogens is 2. The van der Waals surface area contributed by atoms with Crippen LogP contribution in [0.15, 0.2) is 18.2 Å². The topological polar surface area (TPSA) is 41.6 Å². The lowest BCUT2D eigenvalue weighted by Crippen LogP contribution is -2.51. The number of morpholine rings is 1. The molecule has 0 spiro atoms. The van der Waals surface area contributed by atoms with Crippen LogP contribution in [0.25, 0.3) is 0 Å². The van der Waals surface area contributed by atoms with Crippen LogP contribution in [-0.4, -0.2) is 49.7 Å². The second kappa shape index (κ2) is 8.88. The highest BCUT2D eigenvalue weighted by Gasteiger charge is 2.24. The molecular formula is C17H24Cl2N2O2. The van der Waals surface area contributed by atoms with Gasteiger partial charge in [-0.25, -0.2) is 0 Å². The van der Waals surface area contributed by atoms with E-state index in [0.717, 1.165) is 26.3 Å². The molecule has 0 aliphatic carbocycles. The third kappa shape index (κ3) is 5.35. The van der Waals surface area contributed by atoms with Crippen molar-refractivity contribution in [3.05, 3.63) is 33.8 Å². The number of benzene rings is 1. The van der Waals surface area contributed by atoms with E-state index in [1.165, 1.54) is 0 Å². The maximum atomic E-state index is 12.3. The molecular weight excluding hydrogens is 335 g/mol. The van der Waals surface area contributed by atoms with E-state index in [4.69, 9.17) is 27.9 Å². The van der Waals surface area contributed by atoms with Crippen LogP contribution in [0, 0.1) is 5.92 Å². The van der Waals surface area contributed by atoms with E-state index < -0.39 is 0 Å². The highest BCUT2D eigenvalue weighted by atomic mass is 35.5. The monoisotopic (exact) mass is 358 g/mol. The molecule has 0 saturated carbocycles. The SMILES string of the molecule is CC(C)C(CNC(=O)Cc1c(Cl)cccc1Cl)N1CCOCC1. The van der Waals surface area contributed by atoms with Gasteiger partial charge in [0, 0.05) is 35.7 Å². The molecule has 6 heteroatoms. The molecule has 128 valence electrons. The first-order valence-corrected chi connectivity index (χ1v) is 8.76. The van der Waals surface area contributed by atoms with E-state index in [9.17, 15) is 4.79 Å². The van der Waals surface area contributed by atoms with Crippen LogP contribution < -0.4 is 5.32 Å². The van der Waals surface area contributed by atoms with Gasteiger partial charge in [0.05, 0.1) is 19.6 Å². The number of ether oxygens (including phenoxy) is 1. The number of rotatable bonds is 6. The molecule has 1 aliphatic heterocycles. The summed E-state index contributed by atoms with van der Waals surface area (Å²) in [5, 5.41) is 4.08. The molecule has 2 rings (SSSR count). The van der Waals surface area contributed by atoms with Gasteiger partial charge in [0.25, 0.3) is 0 Å². The summed E-state index contributed by atoms with van der Waals surface area (Å²) in [5.74, 6) is 0.399. The smallest absolute Gasteiger partial charge is 0.224 e. The molecule has 4 nitrogen and oxygen atoms in total. The standard InChI is InChI=1S/C17H24Cl2N2O2/c1-12(2)16(21-6-8-23-9-7-21)11-20-17(22)10-13-14(18)4-3-5-15(13)19/h3-5,12,16H,6-11H2,1-2H3,(H,20,22). The summed E-state index contributed by atoms with van der Waals surface area (Å²) in [6.07, 6.45) is 0.201. The summed E-state index contributed by atoms with van der Waals surface area (Å²) in [6, 6.07) is 5.59. The minimum absolute atomic E-state index is 0.0566. The van der Waals surface area contributed by atoms with Crippen molar-refractivity contribution < 1.29 is 9.53 Å². The molecule has 0 aromatic heterocycles. The molecule has 1 aromatic carbocycles. The molecule has 1 N–H and O–H groups in total. The van der Waals surface area contributed by atoms with E-state index in [1.807, 2.05) is 0 Å². The minimum Gasteiger partial charge on any atom is -0.379 e. The number of carbonyl (C=O) groups excluding carboxylic acids is 1. The fourth-order valence-electron chi connectivity index (χ4n) is 2.84. The summed E-state index contributed by atoms with van der Waals surface area (Å²) < 4.78 is 5.40. The van der Waals surface area contributed by atoms with Gasteiger partial charge >= 0.3 is 0 Å². The molecule has 0 radical (unpaired) electrons. The average molecular weight is 359 g/mol. The number of amides is 1. The van der Waals surface area contributed by atoms with Crippen LogP contribution in [0.2, 0.25) is 10.0 Å². The van der Waals surface area contributed by atoms with Crippen LogP contribution in [0.1, 0.15) is 19.4 Å². The zero-order valence-electron chi connectivity index (χ0n) is 13.6. The molecule has 1 aromatic rings. The Bertz CT molecular complexity index is 511. The predicted molar refractivity (Wildman–Crippen MR) is 94.2 cm³/mol. The lowest BCUT2D eigenvalue weighted by molar-refractivity contribution is -0.120. The summed E-state index contributed by atoms with van der Waals surface area (Å²) >= 11 is 12.2. The maximum Gasteiger partial charge on any atom is 0.224 e. The second-order valence-corrected chi connectivity index (χ2v) is 6.96. The van der Waals surface area contributed by atoms with Gasteiger partial charge in [0.1, 0.15) is 0 Å². The Morgan fingerprint density at radius 1 is 1.26 bits per heavy atom. The molecule has 1 heterocycles. The van der Waals surface area contributed by atoms with E-state index in [2.05, 4.69) is 24.1 Å². The average Bonchev–Trinajstić information content (AvgIpc) is 2.52. The fraction of sp³-hybridized carbons (Fsp3) is 0.588. The summed E-state index contributed by atoms with van der Waals surface area (Å²) in [5.41, 5.74) is 0.681. The van der Waals surface area contributed by atoms with Crippen molar-refractivity contribution in [1.29, 1.82) is 0 Å². The van der Waals surface area contributed by atoms with Gasteiger partial charge in [-0.05, 0) is 23.6 Å². The van der Waals surface area contributed by atoms with Gasteiger partial charge in [-0.2, -0.15) is 0 Å². The highest BCUT2D eigenvalue weighted by molar-refractivity contribution is 6.36. The molecule has 1 amide bonds. The lowest BCUT2D eigenvalue weighted by atomic mass is 10.0. The minimum atomic E-state index is -0.0566. The van der Waals surface area contributed by atoms with Crippen molar-refractivity contribution in [2.75, 3.05) is 32.8 Å². The van der Waals surface area contributed by atoms with Gasteiger partial charge in [-0.3, -0.25) is 9.69 Å². The number of carbonyl (C=O) groups is 1. The number of hydrogen-bond acceptors (Lipinski definition) is 3. The van der Waals surface area contributed by atoms with Gasteiger partial charge in [0.2, 0.25) is 5.91 Å². The number of nitrogens with zero attached hydrogens (tertiary/aromatic N) is 1. The maximum absolute atomic E-state index is 12.3. The lowest BCUT2D eigenvalue weighted by Gasteiger charge is -2.36. The molecule has 1 saturated heterocycles. The van der Waals surface area contributed by atoms with Crippen LogP contribution in [0.4, 0.5) is 0 Å². The fourth-order valence-corrected chi connectivity index (χ4v) is 3.37. The Hall–Kier alpha value is -0.810. The van der Waals surface area contributed by atoms with Crippen LogP contribution in [0.5, 0.6) is 0 Å². The Kier molecular flexibility index (Phi) is 7.15.